The van der Waals surface area contributed by atoms with Crippen molar-refractivity contribution in [3.63, 3.8) is 0 Å². The molecule has 0 fully saturated rings. The van der Waals surface area contributed by atoms with Gasteiger partial charge in [0.05, 0.1) is 19.0 Å². The van der Waals surface area contributed by atoms with E-state index >= 15 is 0 Å². The van der Waals surface area contributed by atoms with E-state index in [1.165, 1.54) is 7.11 Å². The number of hydrogen-bond acceptors (Lipinski definition) is 6. The molecule has 34 heavy (non-hydrogen) atoms. The van der Waals surface area contributed by atoms with Crippen LogP contribution < -0.4 is 5.32 Å². The van der Waals surface area contributed by atoms with Gasteiger partial charge in [0, 0.05) is 35.9 Å². The topological polar surface area (TPSA) is 103 Å². The Morgan fingerprint density at radius 2 is 1.79 bits per heavy atom. The number of fused-ring (bicyclic) bond motifs is 1. The highest BCUT2D eigenvalue weighted by Gasteiger charge is 2.11. The number of rotatable bonds is 6. The zero-order valence-corrected chi connectivity index (χ0v) is 18.3. The highest BCUT2D eigenvalue weighted by molar-refractivity contribution is 5.96. The van der Waals surface area contributed by atoms with Gasteiger partial charge in [0.25, 0.3) is 5.91 Å². The maximum atomic E-state index is 12.2. The first-order valence-electron chi connectivity index (χ1n) is 10.5. The first-order chi connectivity index (χ1) is 16.6. The van der Waals surface area contributed by atoms with Crippen LogP contribution in [-0.4, -0.2) is 49.7 Å². The molecule has 0 aliphatic rings. The average molecular weight is 452 g/mol. The number of imidazole rings is 1. The number of pyridine rings is 2. The molecule has 0 radical (unpaired) electrons. The van der Waals surface area contributed by atoms with Gasteiger partial charge in [0.15, 0.2) is 5.82 Å². The minimum atomic E-state index is -0.500. The predicted molar refractivity (Wildman–Crippen MR) is 125 cm³/mol. The molecule has 4 aromatic heterocycles. The number of esters is 1. The molecule has 0 bridgehead atoms. The lowest BCUT2D eigenvalue weighted by molar-refractivity contribution is -0.139. The summed E-state index contributed by atoms with van der Waals surface area (Å²) in [6.07, 6.45) is 9.15. The fourth-order valence-electron chi connectivity index (χ4n) is 3.61. The third-order valence-electron chi connectivity index (χ3n) is 5.39. The summed E-state index contributed by atoms with van der Waals surface area (Å²) >= 11 is 0. The van der Waals surface area contributed by atoms with Gasteiger partial charge < -0.3 is 10.1 Å². The van der Waals surface area contributed by atoms with Crippen LogP contribution in [0.3, 0.4) is 0 Å². The lowest BCUT2D eigenvalue weighted by Gasteiger charge is -2.08. The molecule has 0 aliphatic heterocycles. The number of benzene rings is 1. The molecule has 0 atom stereocenters. The Hall–Kier alpha value is -4.79. The smallest absolute Gasteiger partial charge is 0.325 e. The molecule has 1 N–H and O–H groups in total. The molecule has 5 rings (SSSR count). The molecule has 9 heteroatoms. The van der Waals surface area contributed by atoms with Crippen LogP contribution in [-0.2, 0) is 9.53 Å². The molecule has 0 saturated heterocycles. The van der Waals surface area contributed by atoms with E-state index in [-0.39, 0.29) is 12.5 Å². The quantitative estimate of drug-likeness (QED) is 0.397. The van der Waals surface area contributed by atoms with Crippen molar-refractivity contribution in [2.45, 2.75) is 0 Å². The van der Waals surface area contributed by atoms with Crippen LogP contribution in [0.25, 0.3) is 33.8 Å². The summed E-state index contributed by atoms with van der Waals surface area (Å²) in [6, 6.07) is 16.9. The molecular weight excluding hydrogens is 432 g/mol. The van der Waals surface area contributed by atoms with E-state index in [1.54, 1.807) is 29.2 Å². The van der Waals surface area contributed by atoms with Gasteiger partial charge in [-0.05, 0) is 53.6 Å². The van der Waals surface area contributed by atoms with Gasteiger partial charge in [-0.25, -0.2) is 14.6 Å². The summed E-state index contributed by atoms with van der Waals surface area (Å²) < 4.78 is 8.27. The summed E-state index contributed by atoms with van der Waals surface area (Å²) in [5.74, 6) is -0.120. The number of carbonyl (C=O) groups is 2. The predicted octanol–water partition coefficient (Wildman–Crippen LogP) is 3.15. The van der Waals surface area contributed by atoms with Crippen molar-refractivity contribution in [2.75, 3.05) is 13.7 Å². The number of carbonyl (C=O) groups excluding carboxylic acids is 2. The second kappa shape index (κ2) is 8.99. The number of nitrogens with one attached hydrogen (secondary N) is 1. The molecule has 0 aliphatic carbocycles. The van der Waals surface area contributed by atoms with Crippen LogP contribution in [0.1, 0.15) is 10.4 Å². The van der Waals surface area contributed by atoms with E-state index in [9.17, 15) is 9.59 Å². The number of methoxy groups -OCH3 is 1. The Balaban J connectivity index is 1.43. The molecule has 0 saturated carbocycles. The van der Waals surface area contributed by atoms with Gasteiger partial charge in [-0.3, -0.25) is 14.0 Å². The lowest BCUT2D eigenvalue weighted by Crippen LogP contribution is -2.30. The van der Waals surface area contributed by atoms with E-state index in [4.69, 9.17) is 0 Å². The fraction of sp³-hybridized carbons (Fsp3) is 0.0800. The number of hydrogen-bond donors (Lipinski definition) is 1. The van der Waals surface area contributed by atoms with Crippen molar-refractivity contribution in [3.8, 4) is 28.2 Å². The standard InChI is InChI=1S/C25H20N6O3/c1-34-24(32)15-28-25(33)18-5-3-17(4-6-18)20-7-8-22-27-14-21(30(22)16-20)19-9-11-26-23(13-19)31-12-2-10-29-31/h2-14,16H,15H2,1H3,(H,28,33). The van der Waals surface area contributed by atoms with Gasteiger partial charge in [-0.2, -0.15) is 5.10 Å². The molecule has 168 valence electrons. The van der Waals surface area contributed by atoms with Gasteiger partial charge >= 0.3 is 5.97 Å². The van der Waals surface area contributed by atoms with Crippen LogP contribution in [0.4, 0.5) is 0 Å². The largest absolute Gasteiger partial charge is 0.468 e. The van der Waals surface area contributed by atoms with E-state index in [2.05, 4.69) is 25.1 Å². The Labute approximate surface area is 194 Å². The summed E-state index contributed by atoms with van der Waals surface area (Å²) in [5.41, 5.74) is 5.07. The molecule has 9 nitrogen and oxygen atoms in total. The van der Waals surface area contributed by atoms with E-state index in [0.29, 0.717) is 5.56 Å². The first-order valence-corrected chi connectivity index (χ1v) is 10.5. The van der Waals surface area contributed by atoms with E-state index in [0.717, 1.165) is 33.8 Å². The third-order valence-corrected chi connectivity index (χ3v) is 5.39. The molecule has 0 spiro atoms. The van der Waals surface area contributed by atoms with E-state index < -0.39 is 5.97 Å². The zero-order chi connectivity index (χ0) is 23.5. The SMILES string of the molecule is COC(=O)CNC(=O)c1ccc(-c2ccc3ncc(-c4ccnc(-n5cccn5)c4)n3c2)cc1. The van der Waals surface area contributed by atoms with Crippen molar-refractivity contribution >= 4 is 17.5 Å². The normalized spacial score (nSPS) is 10.9. The lowest BCUT2D eigenvalue weighted by atomic mass is 10.1. The van der Waals surface area contributed by atoms with Crippen molar-refractivity contribution in [1.82, 2.24) is 29.5 Å². The summed E-state index contributed by atoms with van der Waals surface area (Å²) in [5, 5.41) is 6.78. The van der Waals surface area contributed by atoms with Crippen LogP contribution >= 0.6 is 0 Å². The molecule has 1 amide bonds. The van der Waals surface area contributed by atoms with Gasteiger partial charge in [-0.15, -0.1) is 0 Å². The first kappa shape index (κ1) is 21.1. The van der Waals surface area contributed by atoms with Crippen LogP contribution in [0.15, 0.2) is 85.6 Å². The van der Waals surface area contributed by atoms with Crippen LogP contribution in [0.2, 0.25) is 0 Å². The number of amides is 1. The number of aromatic nitrogens is 5. The highest BCUT2D eigenvalue weighted by Crippen LogP contribution is 2.26. The van der Waals surface area contributed by atoms with Crippen molar-refractivity contribution in [3.05, 3.63) is 91.1 Å². The Kier molecular flexibility index (Phi) is 5.57. The molecular formula is C25H20N6O3. The average Bonchev–Trinajstić information content (AvgIpc) is 3.57. The van der Waals surface area contributed by atoms with Gasteiger partial charge in [0.1, 0.15) is 12.2 Å². The third kappa shape index (κ3) is 4.14. The highest BCUT2D eigenvalue weighted by atomic mass is 16.5. The summed E-state index contributed by atoms with van der Waals surface area (Å²) in [4.78, 5) is 32.4. The van der Waals surface area contributed by atoms with Crippen molar-refractivity contribution in [1.29, 1.82) is 0 Å². The molecule has 5 aromatic rings. The summed E-state index contributed by atoms with van der Waals surface area (Å²) in [7, 11) is 1.28. The molecule has 4 heterocycles. The van der Waals surface area contributed by atoms with Crippen LogP contribution in [0.5, 0.6) is 0 Å². The summed E-state index contributed by atoms with van der Waals surface area (Å²) in [6.45, 7) is -0.172. The second-order valence-electron chi connectivity index (χ2n) is 7.48. The Morgan fingerprint density at radius 3 is 2.56 bits per heavy atom. The minimum Gasteiger partial charge on any atom is -0.468 e. The van der Waals surface area contributed by atoms with Crippen LogP contribution in [0, 0.1) is 0 Å². The second-order valence-corrected chi connectivity index (χ2v) is 7.48. The monoisotopic (exact) mass is 452 g/mol. The van der Waals surface area contributed by atoms with Gasteiger partial charge in [-0.1, -0.05) is 12.1 Å². The zero-order valence-electron chi connectivity index (χ0n) is 18.3. The molecule has 1 aromatic carbocycles. The Bertz CT molecular complexity index is 1470. The van der Waals surface area contributed by atoms with Crippen molar-refractivity contribution < 1.29 is 14.3 Å². The maximum absolute atomic E-state index is 12.2. The van der Waals surface area contributed by atoms with Crippen molar-refractivity contribution in [2.24, 2.45) is 0 Å². The van der Waals surface area contributed by atoms with Gasteiger partial charge in [0.2, 0.25) is 0 Å². The minimum absolute atomic E-state index is 0.172. The molecule has 0 unspecified atom stereocenters. The fourth-order valence-corrected chi connectivity index (χ4v) is 3.61. The maximum Gasteiger partial charge on any atom is 0.325 e. The van der Waals surface area contributed by atoms with E-state index in [1.807, 2.05) is 65.5 Å². The number of ether oxygens (including phenoxy) is 1. The Morgan fingerprint density at radius 1 is 0.971 bits per heavy atom. The number of nitrogens with zero attached hydrogens (tertiary/aromatic N) is 5.